The number of hydrogen-bond donors (Lipinski definition) is 1. The molecular weight excluding hydrogens is 280 g/mol. The molecule has 1 N–H and O–H groups in total. The summed E-state index contributed by atoms with van der Waals surface area (Å²) in [7, 11) is 0. The summed E-state index contributed by atoms with van der Waals surface area (Å²) >= 11 is 1.69. The van der Waals surface area contributed by atoms with Gasteiger partial charge in [0.2, 0.25) is 5.82 Å². The van der Waals surface area contributed by atoms with E-state index in [9.17, 15) is 8.78 Å². The standard InChI is InChI=1S/C15H17F2NOS/c1-3-18-8-12-7-11(10(2)20-12)9-19-14-6-4-5-13(16)15(14)17/h4-7,18H,3,8-9H2,1-2H3. The van der Waals surface area contributed by atoms with Gasteiger partial charge >= 0.3 is 0 Å². The molecule has 0 fully saturated rings. The lowest BCUT2D eigenvalue weighted by Crippen LogP contribution is -2.10. The molecule has 0 spiro atoms. The smallest absolute Gasteiger partial charge is 0.200 e. The van der Waals surface area contributed by atoms with Crippen molar-refractivity contribution in [3.05, 3.63) is 51.2 Å². The summed E-state index contributed by atoms with van der Waals surface area (Å²) in [4.78, 5) is 2.34. The Hall–Kier alpha value is -1.46. The van der Waals surface area contributed by atoms with Gasteiger partial charge in [-0.25, -0.2) is 4.39 Å². The Morgan fingerprint density at radius 3 is 2.85 bits per heavy atom. The van der Waals surface area contributed by atoms with E-state index in [4.69, 9.17) is 4.74 Å². The van der Waals surface area contributed by atoms with E-state index in [0.717, 1.165) is 29.6 Å². The van der Waals surface area contributed by atoms with Gasteiger partial charge in [0.25, 0.3) is 0 Å². The molecule has 0 radical (unpaired) electrons. The molecule has 5 heteroatoms. The first-order chi connectivity index (χ1) is 9.61. The molecule has 20 heavy (non-hydrogen) atoms. The van der Waals surface area contributed by atoms with Crippen LogP contribution in [0.3, 0.4) is 0 Å². The van der Waals surface area contributed by atoms with Gasteiger partial charge in [0.1, 0.15) is 6.61 Å². The molecule has 2 nitrogen and oxygen atoms in total. The van der Waals surface area contributed by atoms with Crippen LogP contribution in [0.25, 0.3) is 0 Å². The molecule has 0 saturated carbocycles. The quantitative estimate of drug-likeness (QED) is 0.869. The van der Waals surface area contributed by atoms with E-state index in [1.165, 1.54) is 17.0 Å². The first-order valence-electron chi connectivity index (χ1n) is 6.47. The van der Waals surface area contributed by atoms with Gasteiger partial charge in [-0.15, -0.1) is 11.3 Å². The van der Waals surface area contributed by atoms with Crippen LogP contribution in [0, 0.1) is 18.6 Å². The molecule has 1 aromatic heterocycles. The zero-order valence-electron chi connectivity index (χ0n) is 11.5. The van der Waals surface area contributed by atoms with Crippen LogP contribution in [0.2, 0.25) is 0 Å². The van der Waals surface area contributed by atoms with E-state index in [0.29, 0.717) is 0 Å². The second kappa shape index (κ2) is 6.81. The molecule has 0 bridgehead atoms. The second-order valence-corrected chi connectivity index (χ2v) is 5.76. The van der Waals surface area contributed by atoms with E-state index in [2.05, 4.69) is 12.2 Å². The molecule has 2 aromatic rings. The summed E-state index contributed by atoms with van der Waals surface area (Å²) < 4.78 is 31.9. The predicted octanol–water partition coefficient (Wildman–Crippen LogP) is 4.02. The molecule has 2 rings (SSSR count). The Kier molecular flexibility index (Phi) is 5.09. The highest BCUT2D eigenvalue weighted by Gasteiger charge is 2.11. The molecule has 0 aliphatic rings. The molecule has 0 amide bonds. The van der Waals surface area contributed by atoms with Crippen molar-refractivity contribution in [1.29, 1.82) is 0 Å². The molecule has 1 heterocycles. The number of thiophene rings is 1. The van der Waals surface area contributed by atoms with Crippen LogP contribution < -0.4 is 10.1 Å². The fourth-order valence-corrected chi connectivity index (χ4v) is 2.83. The minimum Gasteiger partial charge on any atom is -0.486 e. The minimum absolute atomic E-state index is 0.0520. The summed E-state index contributed by atoms with van der Waals surface area (Å²) in [5.41, 5.74) is 1.01. The Bertz CT molecular complexity index is 583. The zero-order chi connectivity index (χ0) is 14.5. The Morgan fingerprint density at radius 1 is 1.30 bits per heavy atom. The lowest BCUT2D eigenvalue weighted by atomic mass is 10.2. The summed E-state index contributed by atoms with van der Waals surface area (Å²) in [5.74, 6) is -1.88. The maximum atomic E-state index is 13.5. The van der Waals surface area contributed by atoms with Crippen molar-refractivity contribution >= 4 is 11.3 Å². The largest absolute Gasteiger partial charge is 0.486 e. The van der Waals surface area contributed by atoms with Gasteiger partial charge in [0.15, 0.2) is 11.6 Å². The number of ether oxygens (including phenoxy) is 1. The number of benzene rings is 1. The third-order valence-electron chi connectivity index (χ3n) is 2.92. The third kappa shape index (κ3) is 3.55. The van der Waals surface area contributed by atoms with Crippen LogP contribution >= 0.6 is 11.3 Å². The van der Waals surface area contributed by atoms with Gasteiger partial charge in [0, 0.05) is 21.9 Å². The van der Waals surface area contributed by atoms with Gasteiger partial charge in [-0.1, -0.05) is 13.0 Å². The third-order valence-corrected chi connectivity index (χ3v) is 4.01. The van der Waals surface area contributed by atoms with Crippen molar-refractivity contribution < 1.29 is 13.5 Å². The van der Waals surface area contributed by atoms with E-state index >= 15 is 0 Å². The Balaban J connectivity index is 2.03. The van der Waals surface area contributed by atoms with Crippen LogP contribution in [0.5, 0.6) is 5.75 Å². The maximum Gasteiger partial charge on any atom is 0.200 e. The van der Waals surface area contributed by atoms with E-state index in [1.807, 2.05) is 13.0 Å². The average molecular weight is 297 g/mol. The predicted molar refractivity (Wildman–Crippen MR) is 77.1 cm³/mol. The average Bonchev–Trinajstić information content (AvgIpc) is 2.79. The zero-order valence-corrected chi connectivity index (χ0v) is 12.3. The molecule has 0 saturated heterocycles. The van der Waals surface area contributed by atoms with Crippen LogP contribution in [-0.2, 0) is 13.2 Å². The number of rotatable bonds is 6. The van der Waals surface area contributed by atoms with Gasteiger partial charge in [-0.3, -0.25) is 0 Å². The fraction of sp³-hybridized carbons (Fsp3) is 0.333. The van der Waals surface area contributed by atoms with Crippen LogP contribution in [0.15, 0.2) is 24.3 Å². The lowest BCUT2D eigenvalue weighted by Gasteiger charge is -2.07. The highest BCUT2D eigenvalue weighted by molar-refractivity contribution is 7.12. The van der Waals surface area contributed by atoms with Crippen molar-refractivity contribution in [2.75, 3.05) is 6.54 Å². The van der Waals surface area contributed by atoms with Gasteiger partial charge in [0.05, 0.1) is 0 Å². The fourth-order valence-electron chi connectivity index (χ4n) is 1.82. The van der Waals surface area contributed by atoms with Crippen molar-refractivity contribution in [3.8, 4) is 5.75 Å². The van der Waals surface area contributed by atoms with Crippen molar-refractivity contribution in [2.24, 2.45) is 0 Å². The Morgan fingerprint density at radius 2 is 2.10 bits per heavy atom. The number of nitrogens with one attached hydrogen (secondary N) is 1. The molecule has 0 aliphatic heterocycles. The SMILES string of the molecule is CCNCc1cc(COc2cccc(F)c2F)c(C)s1. The summed E-state index contributed by atoms with van der Waals surface area (Å²) in [6, 6.07) is 5.98. The first kappa shape index (κ1) is 14.9. The van der Waals surface area contributed by atoms with E-state index < -0.39 is 11.6 Å². The minimum atomic E-state index is -0.937. The molecule has 0 atom stereocenters. The summed E-state index contributed by atoms with van der Waals surface area (Å²) in [5, 5.41) is 3.26. The van der Waals surface area contributed by atoms with Crippen LogP contribution in [-0.4, -0.2) is 6.54 Å². The van der Waals surface area contributed by atoms with Crippen molar-refractivity contribution in [2.45, 2.75) is 27.0 Å². The summed E-state index contributed by atoms with van der Waals surface area (Å²) in [6.07, 6.45) is 0. The lowest BCUT2D eigenvalue weighted by molar-refractivity contribution is 0.284. The topological polar surface area (TPSA) is 21.3 Å². The maximum absolute atomic E-state index is 13.5. The summed E-state index contributed by atoms with van der Waals surface area (Å²) in [6.45, 7) is 6.03. The van der Waals surface area contributed by atoms with Crippen molar-refractivity contribution in [3.63, 3.8) is 0 Å². The Labute approximate surface area is 121 Å². The van der Waals surface area contributed by atoms with Crippen LogP contribution in [0.1, 0.15) is 22.2 Å². The number of hydrogen-bond acceptors (Lipinski definition) is 3. The normalized spacial score (nSPS) is 10.8. The van der Waals surface area contributed by atoms with E-state index in [1.54, 1.807) is 11.3 Å². The van der Waals surface area contributed by atoms with Gasteiger partial charge in [-0.2, -0.15) is 4.39 Å². The highest BCUT2D eigenvalue weighted by Crippen LogP contribution is 2.25. The highest BCUT2D eigenvalue weighted by atomic mass is 32.1. The van der Waals surface area contributed by atoms with Gasteiger partial charge < -0.3 is 10.1 Å². The molecular formula is C15H17F2NOS. The molecule has 0 unspecified atom stereocenters. The molecule has 108 valence electrons. The number of aryl methyl sites for hydroxylation is 1. The van der Waals surface area contributed by atoms with Gasteiger partial charge in [-0.05, 0) is 31.7 Å². The second-order valence-electron chi connectivity index (χ2n) is 4.42. The van der Waals surface area contributed by atoms with Crippen molar-refractivity contribution in [1.82, 2.24) is 5.32 Å². The first-order valence-corrected chi connectivity index (χ1v) is 7.29. The molecule has 1 aromatic carbocycles. The monoisotopic (exact) mass is 297 g/mol. The number of halogens is 2. The van der Waals surface area contributed by atoms with Crippen LogP contribution in [0.4, 0.5) is 8.78 Å². The molecule has 0 aliphatic carbocycles. The van der Waals surface area contributed by atoms with E-state index in [-0.39, 0.29) is 12.4 Å².